The lowest BCUT2D eigenvalue weighted by molar-refractivity contribution is -0.923. The van der Waals surface area contributed by atoms with Gasteiger partial charge in [-0.1, -0.05) is 20.8 Å². The molecule has 0 bridgehead atoms. The van der Waals surface area contributed by atoms with Crippen molar-refractivity contribution in [3.63, 3.8) is 0 Å². The number of methoxy groups -OCH3 is 1. The number of amides is 1. The second-order valence-corrected chi connectivity index (χ2v) is 7.28. The van der Waals surface area contributed by atoms with Crippen LogP contribution in [0, 0.1) is 13.8 Å². The summed E-state index contributed by atoms with van der Waals surface area (Å²) in [6.07, 6.45) is 3.17. The normalized spacial score (nSPS) is 19.5. The number of likely N-dealkylation sites (N-methyl/N-ethyl adjacent to an activating group) is 1. The Hall–Kier alpha value is -1.55. The lowest BCUT2D eigenvalue weighted by atomic mass is 9.97. The summed E-state index contributed by atoms with van der Waals surface area (Å²) in [7, 11) is 3.92. The molecule has 0 radical (unpaired) electrons. The van der Waals surface area contributed by atoms with E-state index in [0.717, 1.165) is 65.9 Å². The predicted octanol–water partition coefficient (Wildman–Crippen LogP) is 4.71. The molecular formula is C22H39N2O2+. The highest BCUT2D eigenvalue weighted by atomic mass is 16.5. The van der Waals surface area contributed by atoms with Gasteiger partial charge in [-0.2, -0.15) is 0 Å². The zero-order valence-corrected chi connectivity index (χ0v) is 18.2. The molecule has 1 aliphatic heterocycles. The number of aryl methyl sites for hydroxylation is 2. The van der Waals surface area contributed by atoms with Gasteiger partial charge in [0.15, 0.2) is 6.04 Å². The summed E-state index contributed by atoms with van der Waals surface area (Å²) >= 11 is 0. The van der Waals surface area contributed by atoms with Crippen molar-refractivity contribution >= 4 is 11.6 Å². The maximum absolute atomic E-state index is 13.3. The monoisotopic (exact) mass is 363 g/mol. The molecule has 0 aliphatic carbocycles. The second-order valence-electron chi connectivity index (χ2n) is 7.28. The Morgan fingerprint density at radius 1 is 1.19 bits per heavy atom. The first-order chi connectivity index (χ1) is 12.4. The van der Waals surface area contributed by atoms with Crippen LogP contribution in [0.4, 0.5) is 5.69 Å². The minimum atomic E-state index is 0.0737. The van der Waals surface area contributed by atoms with Crippen LogP contribution in [-0.4, -0.2) is 50.2 Å². The first kappa shape index (κ1) is 22.5. The van der Waals surface area contributed by atoms with Gasteiger partial charge in [0, 0.05) is 18.7 Å². The van der Waals surface area contributed by atoms with Crippen LogP contribution >= 0.6 is 0 Å². The van der Waals surface area contributed by atoms with Crippen LogP contribution in [0.25, 0.3) is 0 Å². The molecule has 2 rings (SSSR count). The van der Waals surface area contributed by atoms with Crippen molar-refractivity contribution in [3.8, 4) is 5.75 Å². The quantitative estimate of drug-likeness (QED) is 0.685. The van der Waals surface area contributed by atoms with Crippen molar-refractivity contribution in [1.29, 1.82) is 0 Å². The van der Waals surface area contributed by atoms with Crippen molar-refractivity contribution in [1.82, 2.24) is 0 Å². The average Bonchev–Trinajstić information content (AvgIpc) is 2.64. The van der Waals surface area contributed by atoms with Gasteiger partial charge in [-0.15, -0.1) is 0 Å². The lowest BCUT2D eigenvalue weighted by Gasteiger charge is -2.44. The molecule has 0 spiro atoms. The Balaban J connectivity index is 0.00000163. The molecule has 4 heteroatoms. The highest BCUT2D eigenvalue weighted by Crippen LogP contribution is 2.33. The number of nitrogens with zero attached hydrogens (tertiary/aromatic N) is 2. The fraction of sp³-hybridized carbons (Fsp3) is 0.682. The fourth-order valence-electron chi connectivity index (χ4n) is 4.16. The average molecular weight is 364 g/mol. The topological polar surface area (TPSA) is 29.5 Å². The number of ether oxygens (including phenoxy) is 1. The minimum Gasteiger partial charge on any atom is -0.497 e. The Bertz CT molecular complexity index is 577. The molecule has 1 fully saturated rings. The van der Waals surface area contributed by atoms with Crippen LogP contribution in [0.15, 0.2) is 12.1 Å². The van der Waals surface area contributed by atoms with E-state index in [9.17, 15) is 4.79 Å². The number of hydrogen-bond acceptors (Lipinski definition) is 2. The Labute approximate surface area is 160 Å². The van der Waals surface area contributed by atoms with Gasteiger partial charge in [0.1, 0.15) is 5.75 Å². The third kappa shape index (κ3) is 4.59. The lowest BCUT2D eigenvalue weighted by Crippen LogP contribution is -2.62. The van der Waals surface area contributed by atoms with Gasteiger partial charge in [-0.25, -0.2) is 0 Å². The fourth-order valence-corrected chi connectivity index (χ4v) is 4.16. The molecule has 2 atom stereocenters. The Morgan fingerprint density at radius 2 is 1.77 bits per heavy atom. The van der Waals surface area contributed by atoms with Gasteiger partial charge in [0.05, 0.1) is 27.2 Å². The zero-order chi connectivity index (χ0) is 19.9. The van der Waals surface area contributed by atoms with Crippen LogP contribution in [0.5, 0.6) is 5.75 Å². The van der Waals surface area contributed by atoms with Gasteiger partial charge >= 0.3 is 0 Å². The van der Waals surface area contributed by atoms with Crippen LogP contribution in [-0.2, 0) is 4.79 Å². The van der Waals surface area contributed by atoms with Gasteiger partial charge in [-0.3, -0.25) is 4.79 Å². The molecule has 1 aromatic carbocycles. The third-order valence-electron chi connectivity index (χ3n) is 5.59. The van der Waals surface area contributed by atoms with Gasteiger partial charge in [-0.05, 0) is 56.9 Å². The summed E-state index contributed by atoms with van der Waals surface area (Å²) in [6.45, 7) is 15.4. The molecule has 0 N–H and O–H groups in total. The molecule has 1 amide bonds. The van der Waals surface area contributed by atoms with Crippen LogP contribution in [0.2, 0.25) is 0 Å². The number of hydrogen-bond donors (Lipinski definition) is 0. The standard InChI is InChI=1S/C20H33N2O2.C2H6/c1-7-12-22(5,8-2)18-10-9-11-21(20(18)23)19-15(3)13-17(24-6)14-16(19)4;1-2/h13-14,18H,7-12H2,1-6H3;1-2H3/q+1;. The number of anilines is 1. The maximum atomic E-state index is 13.3. The smallest absolute Gasteiger partial charge is 0.285 e. The van der Waals surface area contributed by atoms with E-state index in [2.05, 4.69) is 34.7 Å². The molecule has 0 aromatic heterocycles. The molecule has 0 saturated carbocycles. The van der Waals surface area contributed by atoms with E-state index < -0.39 is 0 Å². The Kier molecular flexibility index (Phi) is 8.61. The van der Waals surface area contributed by atoms with Crippen molar-refractivity contribution in [3.05, 3.63) is 23.3 Å². The van der Waals surface area contributed by atoms with Gasteiger partial charge in [0.2, 0.25) is 0 Å². The van der Waals surface area contributed by atoms with Crippen LogP contribution in [0.1, 0.15) is 58.1 Å². The first-order valence-electron chi connectivity index (χ1n) is 10.2. The molecule has 1 aromatic rings. The highest BCUT2D eigenvalue weighted by molar-refractivity contribution is 5.98. The van der Waals surface area contributed by atoms with E-state index in [1.54, 1.807) is 7.11 Å². The maximum Gasteiger partial charge on any atom is 0.285 e. The number of rotatable bonds is 6. The first-order valence-corrected chi connectivity index (χ1v) is 10.2. The predicted molar refractivity (Wildman–Crippen MR) is 111 cm³/mol. The zero-order valence-electron chi connectivity index (χ0n) is 18.2. The summed E-state index contributed by atoms with van der Waals surface area (Å²) in [5.74, 6) is 1.14. The SMILES string of the molecule is CC.CCC[N+](C)(CC)C1CCCN(c2c(C)cc(OC)cc2C)C1=O. The molecular weight excluding hydrogens is 324 g/mol. The molecule has 148 valence electrons. The largest absolute Gasteiger partial charge is 0.497 e. The van der Waals surface area contributed by atoms with Crippen molar-refractivity contribution in [2.24, 2.45) is 0 Å². The molecule has 1 heterocycles. The summed E-state index contributed by atoms with van der Waals surface area (Å²) in [4.78, 5) is 15.4. The van der Waals surface area contributed by atoms with Crippen molar-refractivity contribution in [2.45, 2.75) is 66.8 Å². The molecule has 26 heavy (non-hydrogen) atoms. The molecule has 4 nitrogen and oxygen atoms in total. The number of piperidine rings is 1. The Morgan fingerprint density at radius 3 is 2.23 bits per heavy atom. The number of quaternary nitrogens is 1. The number of carbonyl (C=O) groups excluding carboxylic acids is 1. The van der Waals surface area contributed by atoms with Crippen molar-refractivity contribution < 1.29 is 14.0 Å². The van der Waals surface area contributed by atoms with E-state index in [1.807, 2.05) is 30.9 Å². The molecule has 1 aliphatic rings. The van der Waals surface area contributed by atoms with Gasteiger partial charge < -0.3 is 14.1 Å². The summed E-state index contributed by atoms with van der Waals surface area (Å²) in [5, 5.41) is 0. The van der Waals surface area contributed by atoms with E-state index >= 15 is 0 Å². The van der Waals surface area contributed by atoms with E-state index in [1.165, 1.54) is 0 Å². The van der Waals surface area contributed by atoms with E-state index in [4.69, 9.17) is 4.74 Å². The van der Waals surface area contributed by atoms with Crippen molar-refractivity contribution in [2.75, 3.05) is 38.7 Å². The second kappa shape index (κ2) is 9.96. The number of carbonyl (C=O) groups is 1. The van der Waals surface area contributed by atoms with Crippen LogP contribution in [0.3, 0.4) is 0 Å². The van der Waals surface area contributed by atoms with Crippen LogP contribution < -0.4 is 9.64 Å². The molecule has 1 saturated heterocycles. The molecule has 2 unspecified atom stereocenters. The van der Waals surface area contributed by atoms with E-state index in [-0.39, 0.29) is 11.9 Å². The van der Waals surface area contributed by atoms with Gasteiger partial charge in [0.25, 0.3) is 5.91 Å². The number of benzene rings is 1. The summed E-state index contributed by atoms with van der Waals surface area (Å²) in [5.41, 5.74) is 3.30. The highest BCUT2D eigenvalue weighted by Gasteiger charge is 2.42. The van der Waals surface area contributed by atoms with E-state index in [0.29, 0.717) is 0 Å². The summed E-state index contributed by atoms with van der Waals surface area (Å²) < 4.78 is 6.21. The third-order valence-corrected chi connectivity index (χ3v) is 5.59. The summed E-state index contributed by atoms with van der Waals surface area (Å²) in [6, 6.07) is 4.13. The minimum absolute atomic E-state index is 0.0737.